The topological polar surface area (TPSA) is 17.1 Å². The molecule has 0 unspecified atom stereocenters. The zero-order chi connectivity index (χ0) is 11.4. The molecule has 0 aromatic carbocycles. The van der Waals surface area contributed by atoms with Crippen molar-refractivity contribution >= 4 is 28.6 Å². The van der Waals surface area contributed by atoms with Crippen LogP contribution in [0.3, 0.4) is 0 Å². The van der Waals surface area contributed by atoms with Crippen molar-refractivity contribution in [1.29, 1.82) is 0 Å². The summed E-state index contributed by atoms with van der Waals surface area (Å²) < 4.78 is 0. The van der Waals surface area contributed by atoms with Gasteiger partial charge in [0.2, 0.25) is 5.24 Å². The second kappa shape index (κ2) is 6.15. The maximum absolute atomic E-state index is 10.8. The molecule has 0 amide bonds. The quantitative estimate of drug-likeness (QED) is 0.701. The zero-order valence-electron chi connectivity index (χ0n) is 9.83. The molecule has 88 valence electrons. The minimum atomic E-state index is -0.208. The lowest BCUT2D eigenvalue weighted by Crippen LogP contribution is -2.30. The van der Waals surface area contributed by atoms with Crippen molar-refractivity contribution in [2.45, 2.75) is 45.3 Å². The van der Waals surface area contributed by atoms with Gasteiger partial charge in [-0.05, 0) is 42.2 Å². The van der Waals surface area contributed by atoms with Crippen molar-refractivity contribution in [3.63, 3.8) is 0 Å². The van der Waals surface area contributed by atoms with Gasteiger partial charge in [-0.25, -0.2) is 0 Å². The predicted octanol–water partition coefficient (Wildman–Crippen LogP) is 3.95. The summed E-state index contributed by atoms with van der Waals surface area (Å²) in [4.78, 5) is 10.8. The lowest BCUT2D eigenvalue weighted by atomic mass is 9.77. The molecule has 0 spiro atoms. The molecule has 1 rings (SSSR count). The van der Waals surface area contributed by atoms with Crippen molar-refractivity contribution in [2.75, 3.05) is 5.75 Å². The Kier molecular flexibility index (Phi) is 5.48. The highest BCUT2D eigenvalue weighted by Crippen LogP contribution is 2.40. The van der Waals surface area contributed by atoms with Gasteiger partial charge in [-0.15, -0.1) is 11.8 Å². The van der Waals surface area contributed by atoms with Crippen LogP contribution in [0.25, 0.3) is 0 Å². The molecular formula is C12H21ClOS. The highest BCUT2D eigenvalue weighted by Gasteiger charge is 2.31. The van der Waals surface area contributed by atoms with Crippen LogP contribution in [0.2, 0.25) is 0 Å². The monoisotopic (exact) mass is 248 g/mol. The lowest BCUT2D eigenvalue weighted by molar-refractivity contribution is -0.109. The van der Waals surface area contributed by atoms with E-state index in [1.807, 2.05) is 0 Å². The fraction of sp³-hybridized carbons (Fsp3) is 0.917. The molecule has 0 aliphatic heterocycles. The van der Waals surface area contributed by atoms with E-state index in [9.17, 15) is 4.79 Å². The first-order chi connectivity index (χ1) is 7.00. The van der Waals surface area contributed by atoms with E-state index in [0.717, 1.165) is 17.8 Å². The highest BCUT2D eigenvalue weighted by molar-refractivity contribution is 8.00. The van der Waals surface area contributed by atoms with E-state index >= 15 is 0 Å². The Morgan fingerprint density at radius 3 is 2.67 bits per heavy atom. The van der Waals surface area contributed by atoms with Crippen LogP contribution in [-0.4, -0.2) is 16.2 Å². The first-order valence-corrected chi connectivity index (χ1v) is 7.23. The smallest absolute Gasteiger partial charge is 0.231 e. The maximum Gasteiger partial charge on any atom is 0.231 e. The molecule has 0 bridgehead atoms. The second-order valence-electron chi connectivity index (χ2n) is 5.03. The van der Waals surface area contributed by atoms with Crippen LogP contribution >= 0.6 is 23.4 Å². The largest absolute Gasteiger partial charge is 0.280 e. The molecule has 0 N–H and O–H groups in total. The average Bonchev–Trinajstić information content (AvgIpc) is 2.14. The number of carbonyl (C=O) groups excluding carboxylic acids is 1. The summed E-state index contributed by atoms with van der Waals surface area (Å²) in [6.45, 7) is 6.89. The summed E-state index contributed by atoms with van der Waals surface area (Å²) in [5.74, 6) is 2.77. The summed E-state index contributed by atoms with van der Waals surface area (Å²) in [6.07, 6.45) is 3.90. The third-order valence-electron chi connectivity index (χ3n) is 3.37. The van der Waals surface area contributed by atoms with Crippen LogP contribution in [0.4, 0.5) is 0 Å². The van der Waals surface area contributed by atoms with Gasteiger partial charge in [-0.1, -0.05) is 27.2 Å². The van der Waals surface area contributed by atoms with Crippen LogP contribution in [0.15, 0.2) is 0 Å². The van der Waals surface area contributed by atoms with Gasteiger partial charge in [-0.3, -0.25) is 4.79 Å². The van der Waals surface area contributed by atoms with E-state index in [-0.39, 0.29) is 5.24 Å². The fourth-order valence-electron chi connectivity index (χ4n) is 2.48. The maximum atomic E-state index is 10.8. The number of thioether (sulfide) groups is 1. The molecule has 1 fully saturated rings. The third-order valence-corrected chi connectivity index (χ3v) is 5.06. The Balaban J connectivity index is 2.50. The van der Waals surface area contributed by atoms with Gasteiger partial charge in [0, 0.05) is 5.25 Å². The molecule has 15 heavy (non-hydrogen) atoms. The SMILES string of the molecule is CC(C)[C@@H]1CC[C@@H](C)C[C@@H]1SCC(=O)Cl. The van der Waals surface area contributed by atoms with Crippen LogP contribution in [-0.2, 0) is 4.79 Å². The van der Waals surface area contributed by atoms with Crippen molar-refractivity contribution in [3.05, 3.63) is 0 Å². The molecule has 0 heterocycles. The normalized spacial score (nSPS) is 31.9. The van der Waals surface area contributed by atoms with Crippen LogP contribution in [0.5, 0.6) is 0 Å². The van der Waals surface area contributed by atoms with E-state index in [1.165, 1.54) is 19.3 Å². The summed E-state index contributed by atoms with van der Waals surface area (Å²) >= 11 is 7.17. The summed E-state index contributed by atoms with van der Waals surface area (Å²) in [5, 5.41) is 0.428. The Morgan fingerprint density at radius 1 is 1.47 bits per heavy atom. The van der Waals surface area contributed by atoms with E-state index in [2.05, 4.69) is 20.8 Å². The number of hydrogen-bond acceptors (Lipinski definition) is 2. The van der Waals surface area contributed by atoms with Gasteiger partial charge in [-0.2, -0.15) is 0 Å². The molecule has 0 aromatic heterocycles. The summed E-state index contributed by atoms with van der Waals surface area (Å²) in [6, 6.07) is 0. The lowest BCUT2D eigenvalue weighted by Gasteiger charge is -2.36. The van der Waals surface area contributed by atoms with Crippen LogP contribution < -0.4 is 0 Å². The minimum Gasteiger partial charge on any atom is -0.280 e. The van der Waals surface area contributed by atoms with E-state index in [1.54, 1.807) is 11.8 Å². The molecule has 0 radical (unpaired) electrons. The van der Waals surface area contributed by atoms with Crippen LogP contribution in [0, 0.1) is 17.8 Å². The van der Waals surface area contributed by atoms with Gasteiger partial charge in [0.25, 0.3) is 0 Å². The Morgan fingerprint density at radius 2 is 2.13 bits per heavy atom. The molecule has 3 heteroatoms. The Hall–Kier alpha value is 0.310. The first kappa shape index (κ1) is 13.4. The molecule has 1 aliphatic rings. The number of carbonyl (C=O) groups is 1. The minimum absolute atomic E-state index is 0.208. The average molecular weight is 249 g/mol. The molecule has 1 saturated carbocycles. The highest BCUT2D eigenvalue weighted by atomic mass is 35.5. The third kappa shape index (κ3) is 4.36. The molecule has 0 aromatic rings. The molecular weight excluding hydrogens is 228 g/mol. The molecule has 1 nitrogen and oxygen atoms in total. The standard InChI is InChI=1S/C12H21ClOS/c1-8(2)10-5-4-9(3)6-11(10)15-7-12(13)14/h8-11H,4-7H2,1-3H3/t9-,10+,11+/m1/s1. The summed E-state index contributed by atoms with van der Waals surface area (Å²) in [5.41, 5.74) is 0. The summed E-state index contributed by atoms with van der Waals surface area (Å²) in [7, 11) is 0. The number of rotatable bonds is 4. The van der Waals surface area contributed by atoms with Gasteiger partial charge in [0.1, 0.15) is 0 Å². The zero-order valence-corrected chi connectivity index (χ0v) is 11.4. The second-order valence-corrected chi connectivity index (χ2v) is 6.68. The first-order valence-electron chi connectivity index (χ1n) is 5.80. The molecule has 0 saturated heterocycles. The van der Waals surface area contributed by atoms with E-state index in [0.29, 0.717) is 11.0 Å². The van der Waals surface area contributed by atoms with E-state index in [4.69, 9.17) is 11.6 Å². The predicted molar refractivity (Wildman–Crippen MR) is 68.4 cm³/mol. The van der Waals surface area contributed by atoms with Gasteiger partial charge >= 0.3 is 0 Å². The van der Waals surface area contributed by atoms with Crippen LogP contribution in [0.1, 0.15) is 40.0 Å². The number of halogens is 1. The molecule has 3 atom stereocenters. The van der Waals surface area contributed by atoms with Gasteiger partial charge in [0.05, 0.1) is 5.75 Å². The number of hydrogen-bond donors (Lipinski definition) is 0. The van der Waals surface area contributed by atoms with Gasteiger partial charge in [0.15, 0.2) is 0 Å². The van der Waals surface area contributed by atoms with Crippen molar-refractivity contribution in [2.24, 2.45) is 17.8 Å². The fourth-order valence-corrected chi connectivity index (χ4v) is 4.18. The van der Waals surface area contributed by atoms with E-state index < -0.39 is 0 Å². The Labute approximate surface area is 102 Å². The molecule has 1 aliphatic carbocycles. The van der Waals surface area contributed by atoms with Gasteiger partial charge < -0.3 is 0 Å². The van der Waals surface area contributed by atoms with Crippen molar-refractivity contribution in [3.8, 4) is 0 Å². The van der Waals surface area contributed by atoms with Crippen molar-refractivity contribution in [1.82, 2.24) is 0 Å². The Bertz CT molecular complexity index is 218. The van der Waals surface area contributed by atoms with Crippen molar-refractivity contribution < 1.29 is 4.79 Å².